The molecule has 0 aromatic carbocycles. The standard InChI is InChI=1S/C9H11ClN2O3S2/c10-7-3-4-8(16-7)17(14,15)12-5-1-2-6(12)9(11)13/h3-4,6H,1-2,5H2,(H2,11,13)/t6-/m1/s1. The number of carbonyl (C=O) groups is 1. The van der Waals surface area contributed by atoms with Gasteiger partial charge in [-0.1, -0.05) is 11.6 Å². The highest BCUT2D eigenvalue weighted by molar-refractivity contribution is 7.91. The van der Waals surface area contributed by atoms with E-state index in [0.29, 0.717) is 23.7 Å². The minimum absolute atomic E-state index is 0.149. The molecule has 0 radical (unpaired) electrons. The van der Waals surface area contributed by atoms with Crippen LogP contribution in [0.25, 0.3) is 0 Å². The zero-order chi connectivity index (χ0) is 12.6. The monoisotopic (exact) mass is 294 g/mol. The molecule has 0 spiro atoms. The molecule has 0 bridgehead atoms. The highest BCUT2D eigenvalue weighted by Gasteiger charge is 2.38. The second-order valence-electron chi connectivity index (χ2n) is 3.73. The maximum atomic E-state index is 12.2. The Hall–Kier alpha value is -0.630. The highest BCUT2D eigenvalue weighted by atomic mass is 35.5. The number of carbonyl (C=O) groups excluding carboxylic acids is 1. The van der Waals surface area contributed by atoms with Crippen LogP contribution in [-0.4, -0.2) is 31.2 Å². The molecule has 1 fully saturated rings. The Morgan fingerprint density at radius 3 is 2.76 bits per heavy atom. The third-order valence-corrected chi connectivity index (χ3v) is 6.25. The van der Waals surface area contributed by atoms with Gasteiger partial charge in [0.1, 0.15) is 10.3 Å². The lowest BCUT2D eigenvalue weighted by molar-refractivity contribution is -0.121. The van der Waals surface area contributed by atoms with Gasteiger partial charge in [0.15, 0.2) is 0 Å². The number of hydrogen-bond donors (Lipinski definition) is 1. The molecule has 1 saturated heterocycles. The highest BCUT2D eigenvalue weighted by Crippen LogP contribution is 2.31. The predicted molar refractivity (Wildman–Crippen MR) is 65.4 cm³/mol. The Labute approximate surface area is 108 Å². The summed E-state index contributed by atoms with van der Waals surface area (Å²) >= 11 is 6.69. The maximum Gasteiger partial charge on any atom is 0.253 e. The largest absolute Gasteiger partial charge is 0.368 e. The summed E-state index contributed by atoms with van der Waals surface area (Å²) in [5.41, 5.74) is 5.20. The quantitative estimate of drug-likeness (QED) is 0.904. The predicted octanol–water partition coefficient (Wildman–Crippen LogP) is 1.04. The van der Waals surface area contributed by atoms with E-state index in [1.807, 2.05) is 0 Å². The third kappa shape index (κ3) is 2.33. The van der Waals surface area contributed by atoms with E-state index < -0.39 is 22.0 Å². The van der Waals surface area contributed by atoms with E-state index in [4.69, 9.17) is 17.3 Å². The van der Waals surface area contributed by atoms with Crippen molar-refractivity contribution in [3.63, 3.8) is 0 Å². The average molecular weight is 295 g/mol. The Kier molecular flexibility index (Phi) is 3.44. The SMILES string of the molecule is NC(=O)[C@H]1CCCN1S(=O)(=O)c1ccc(Cl)s1. The van der Waals surface area contributed by atoms with Crippen LogP contribution in [-0.2, 0) is 14.8 Å². The van der Waals surface area contributed by atoms with Crippen LogP contribution < -0.4 is 5.73 Å². The van der Waals surface area contributed by atoms with Gasteiger partial charge in [0, 0.05) is 6.54 Å². The lowest BCUT2D eigenvalue weighted by Crippen LogP contribution is -2.43. The normalized spacial score (nSPS) is 21.8. The molecule has 1 aliphatic rings. The molecule has 0 aliphatic carbocycles. The zero-order valence-corrected chi connectivity index (χ0v) is 11.2. The second kappa shape index (κ2) is 4.56. The summed E-state index contributed by atoms with van der Waals surface area (Å²) in [6, 6.07) is 2.23. The number of nitrogens with zero attached hydrogens (tertiary/aromatic N) is 1. The Balaban J connectivity index is 2.36. The van der Waals surface area contributed by atoms with Crippen molar-refractivity contribution in [2.24, 2.45) is 5.73 Å². The number of thiophene rings is 1. The van der Waals surface area contributed by atoms with Crippen molar-refractivity contribution in [1.82, 2.24) is 4.31 Å². The van der Waals surface area contributed by atoms with Crippen LogP contribution in [0.15, 0.2) is 16.3 Å². The van der Waals surface area contributed by atoms with Gasteiger partial charge in [0.2, 0.25) is 5.91 Å². The molecule has 2 N–H and O–H groups in total. The van der Waals surface area contributed by atoms with Crippen molar-refractivity contribution in [3.8, 4) is 0 Å². The van der Waals surface area contributed by atoms with Crippen molar-refractivity contribution in [2.75, 3.05) is 6.54 Å². The van der Waals surface area contributed by atoms with Crippen molar-refractivity contribution < 1.29 is 13.2 Å². The molecule has 1 aliphatic heterocycles. The molecular formula is C9H11ClN2O3S2. The van der Waals surface area contributed by atoms with Gasteiger partial charge in [0.05, 0.1) is 4.34 Å². The summed E-state index contributed by atoms with van der Waals surface area (Å²) in [5, 5.41) is 0. The van der Waals surface area contributed by atoms with Gasteiger partial charge in [-0.15, -0.1) is 11.3 Å². The topological polar surface area (TPSA) is 80.5 Å². The van der Waals surface area contributed by atoms with Crippen molar-refractivity contribution in [1.29, 1.82) is 0 Å². The molecule has 0 unspecified atom stereocenters. The first-order valence-electron chi connectivity index (χ1n) is 4.99. The van der Waals surface area contributed by atoms with E-state index >= 15 is 0 Å². The molecule has 1 aromatic rings. The Morgan fingerprint density at radius 2 is 2.24 bits per heavy atom. The van der Waals surface area contributed by atoms with Crippen LogP contribution in [0.5, 0.6) is 0 Å². The van der Waals surface area contributed by atoms with E-state index in [0.717, 1.165) is 15.6 Å². The van der Waals surface area contributed by atoms with Gasteiger partial charge in [-0.3, -0.25) is 4.79 Å². The van der Waals surface area contributed by atoms with Crippen LogP contribution in [0.2, 0.25) is 4.34 Å². The molecule has 17 heavy (non-hydrogen) atoms. The van der Waals surface area contributed by atoms with Crippen LogP contribution in [0, 0.1) is 0 Å². The van der Waals surface area contributed by atoms with E-state index in [1.165, 1.54) is 12.1 Å². The fourth-order valence-corrected chi connectivity index (χ4v) is 5.14. The fraction of sp³-hybridized carbons (Fsp3) is 0.444. The average Bonchev–Trinajstić information content (AvgIpc) is 2.84. The molecule has 94 valence electrons. The number of halogens is 1. The van der Waals surface area contributed by atoms with Crippen molar-refractivity contribution >= 4 is 38.9 Å². The number of primary amides is 1. The molecule has 1 amide bonds. The summed E-state index contributed by atoms with van der Waals surface area (Å²) in [5.74, 6) is -0.603. The summed E-state index contributed by atoms with van der Waals surface area (Å²) in [4.78, 5) is 11.2. The van der Waals surface area contributed by atoms with Gasteiger partial charge in [-0.25, -0.2) is 8.42 Å². The molecule has 8 heteroatoms. The summed E-state index contributed by atoms with van der Waals surface area (Å²) in [6.07, 6.45) is 1.12. The van der Waals surface area contributed by atoms with Crippen molar-refractivity contribution in [2.45, 2.75) is 23.1 Å². The molecule has 1 aromatic heterocycles. The van der Waals surface area contributed by atoms with E-state index in [-0.39, 0.29) is 4.21 Å². The first-order chi connectivity index (χ1) is 7.93. The van der Waals surface area contributed by atoms with E-state index in [1.54, 1.807) is 0 Å². The fourth-order valence-electron chi connectivity index (χ4n) is 1.86. The first-order valence-corrected chi connectivity index (χ1v) is 7.63. The first kappa shape index (κ1) is 12.8. The lowest BCUT2D eigenvalue weighted by atomic mass is 10.2. The van der Waals surface area contributed by atoms with Gasteiger partial charge in [0.25, 0.3) is 10.0 Å². The smallest absolute Gasteiger partial charge is 0.253 e. The summed E-state index contributed by atoms with van der Waals surface area (Å²) < 4.78 is 26.2. The number of hydrogen-bond acceptors (Lipinski definition) is 4. The Bertz CT molecular complexity index is 540. The van der Waals surface area contributed by atoms with E-state index in [9.17, 15) is 13.2 Å². The molecule has 5 nitrogen and oxygen atoms in total. The van der Waals surface area contributed by atoms with Crippen LogP contribution in [0.1, 0.15) is 12.8 Å². The third-order valence-electron chi connectivity index (χ3n) is 2.64. The van der Waals surface area contributed by atoms with E-state index in [2.05, 4.69) is 0 Å². The van der Waals surface area contributed by atoms with Crippen LogP contribution in [0.4, 0.5) is 0 Å². The second-order valence-corrected chi connectivity index (χ2v) is 7.57. The van der Waals surface area contributed by atoms with Gasteiger partial charge >= 0.3 is 0 Å². The molecular weight excluding hydrogens is 284 g/mol. The number of sulfonamides is 1. The Morgan fingerprint density at radius 1 is 1.53 bits per heavy atom. The lowest BCUT2D eigenvalue weighted by Gasteiger charge is -2.20. The molecule has 0 saturated carbocycles. The molecule has 2 heterocycles. The van der Waals surface area contributed by atoms with Crippen LogP contribution in [0.3, 0.4) is 0 Å². The molecule has 1 atom stereocenters. The van der Waals surface area contributed by atoms with Gasteiger partial charge in [-0.2, -0.15) is 4.31 Å². The molecule has 2 rings (SSSR count). The van der Waals surface area contributed by atoms with Crippen LogP contribution >= 0.6 is 22.9 Å². The zero-order valence-electron chi connectivity index (χ0n) is 8.80. The minimum atomic E-state index is -3.65. The number of amides is 1. The summed E-state index contributed by atoms with van der Waals surface area (Å²) in [7, 11) is -3.65. The van der Waals surface area contributed by atoms with Crippen molar-refractivity contribution in [3.05, 3.63) is 16.5 Å². The summed E-state index contributed by atoms with van der Waals surface area (Å²) in [6.45, 7) is 0.325. The minimum Gasteiger partial charge on any atom is -0.368 e. The van der Waals surface area contributed by atoms with Gasteiger partial charge in [-0.05, 0) is 25.0 Å². The number of nitrogens with two attached hydrogens (primary N) is 1. The maximum absolute atomic E-state index is 12.2. The van der Waals surface area contributed by atoms with Gasteiger partial charge < -0.3 is 5.73 Å². The number of rotatable bonds is 3.